The first-order chi connectivity index (χ1) is 11.9. The third-order valence-corrected chi connectivity index (χ3v) is 4.48. The summed E-state index contributed by atoms with van der Waals surface area (Å²) < 4.78 is 0. The Morgan fingerprint density at radius 3 is 2.56 bits per heavy atom. The molecule has 0 saturated heterocycles. The number of aromatic amines is 1. The van der Waals surface area contributed by atoms with Crippen LogP contribution < -0.4 is 10.9 Å². The Bertz CT molecular complexity index is 815. The molecule has 1 atom stereocenters. The summed E-state index contributed by atoms with van der Waals surface area (Å²) >= 11 is 1.20. The van der Waals surface area contributed by atoms with E-state index in [1.807, 2.05) is 6.92 Å². The summed E-state index contributed by atoms with van der Waals surface area (Å²) in [6.45, 7) is 5.26. The predicted molar refractivity (Wildman–Crippen MR) is 99.2 cm³/mol. The van der Waals surface area contributed by atoms with Crippen LogP contribution in [0.25, 0.3) is 0 Å². The topological polar surface area (TPSA) is 91.9 Å². The van der Waals surface area contributed by atoms with Crippen molar-refractivity contribution in [3.63, 3.8) is 0 Å². The van der Waals surface area contributed by atoms with Crippen molar-refractivity contribution < 1.29 is 9.59 Å². The monoisotopic (exact) mass is 359 g/mol. The number of aryl methyl sites for hydroxylation is 1. The smallest absolute Gasteiger partial charge is 0.251 e. The molecule has 0 aliphatic heterocycles. The van der Waals surface area contributed by atoms with Crippen molar-refractivity contribution in [2.75, 3.05) is 5.32 Å². The quantitative estimate of drug-likeness (QED) is 0.450. The summed E-state index contributed by atoms with van der Waals surface area (Å²) in [6, 6.07) is 8.20. The number of benzene rings is 1. The van der Waals surface area contributed by atoms with E-state index in [0.29, 0.717) is 16.4 Å². The molecule has 7 heteroatoms. The number of aromatic nitrogens is 2. The molecule has 6 nitrogen and oxygen atoms in total. The highest BCUT2D eigenvalue weighted by Crippen LogP contribution is 2.20. The molecule has 1 aromatic carbocycles. The van der Waals surface area contributed by atoms with Crippen molar-refractivity contribution in [1.82, 2.24) is 9.97 Å². The van der Waals surface area contributed by atoms with Crippen LogP contribution in [0.4, 0.5) is 5.69 Å². The average Bonchev–Trinajstić information content (AvgIpc) is 2.55. The fourth-order valence-corrected chi connectivity index (χ4v) is 3.01. The standard InChI is InChI=1S/C18H21N3O3S/c1-4-5-15-10-16(23)21-18(20-15)25-12(3)17(24)19-14-8-6-13(7-9-14)11(2)22/h6-10,12H,4-5H2,1-3H3,(H,19,24)(H,20,21,23)/t12-/m0/s1. The van der Waals surface area contributed by atoms with Gasteiger partial charge in [-0.3, -0.25) is 14.4 Å². The molecule has 132 valence electrons. The molecule has 1 aromatic heterocycles. The normalized spacial score (nSPS) is 11.8. The number of H-pyrrole nitrogens is 1. The molecule has 1 heterocycles. The summed E-state index contributed by atoms with van der Waals surface area (Å²) in [5, 5.41) is 2.79. The van der Waals surface area contributed by atoms with Crippen LogP contribution in [-0.4, -0.2) is 26.9 Å². The number of thioether (sulfide) groups is 1. The minimum atomic E-state index is -0.437. The summed E-state index contributed by atoms with van der Waals surface area (Å²) in [7, 11) is 0. The molecule has 1 amide bonds. The Hall–Kier alpha value is -2.41. The molecule has 0 spiro atoms. The van der Waals surface area contributed by atoms with E-state index in [9.17, 15) is 14.4 Å². The first kappa shape index (κ1) is 18.9. The van der Waals surface area contributed by atoms with Crippen molar-refractivity contribution in [2.24, 2.45) is 0 Å². The fourth-order valence-electron chi connectivity index (χ4n) is 2.18. The van der Waals surface area contributed by atoms with Crippen LogP contribution in [0.2, 0.25) is 0 Å². The lowest BCUT2D eigenvalue weighted by Gasteiger charge is -2.12. The molecule has 0 aliphatic carbocycles. The molecule has 0 aliphatic rings. The first-order valence-electron chi connectivity index (χ1n) is 8.07. The maximum atomic E-state index is 12.3. The molecule has 2 N–H and O–H groups in total. The van der Waals surface area contributed by atoms with E-state index in [0.717, 1.165) is 18.5 Å². The summed E-state index contributed by atoms with van der Waals surface area (Å²) in [6.07, 6.45) is 1.62. The lowest BCUT2D eigenvalue weighted by Crippen LogP contribution is -2.23. The zero-order valence-electron chi connectivity index (χ0n) is 14.5. The van der Waals surface area contributed by atoms with Gasteiger partial charge in [-0.15, -0.1) is 0 Å². The van der Waals surface area contributed by atoms with Gasteiger partial charge in [-0.1, -0.05) is 25.1 Å². The lowest BCUT2D eigenvalue weighted by molar-refractivity contribution is -0.115. The number of hydrogen-bond donors (Lipinski definition) is 2. The van der Waals surface area contributed by atoms with Crippen LogP contribution in [0.3, 0.4) is 0 Å². The Labute approximate surface area is 150 Å². The van der Waals surface area contributed by atoms with Crippen LogP contribution >= 0.6 is 11.8 Å². The summed E-state index contributed by atoms with van der Waals surface area (Å²) in [4.78, 5) is 42.3. The highest BCUT2D eigenvalue weighted by Gasteiger charge is 2.16. The number of nitrogens with zero attached hydrogens (tertiary/aromatic N) is 1. The fraction of sp³-hybridized carbons (Fsp3) is 0.333. The summed E-state index contributed by atoms with van der Waals surface area (Å²) in [5.74, 6) is -0.229. The maximum absolute atomic E-state index is 12.3. The molecule has 0 bridgehead atoms. The highest BCUT2D eigenvalue weighted by molar-refractivity contribution is 8.00. The van der Waals surface area contributed by atoms with E-state index in [1.54, 1.807) is 31.2 Å². The molecule has 0 radical (unpaired) electrons. The molecule has 0 fully saturated rings. The Morgan fingerprint density at radius 1 is 1.28 bits per heavy atom. The largest absolute Gasteiger partial charge is 0.325 e. The highest BCUT2D eigenvalue weighted by atomic mass is 32.2. The number of ketones is 1. The van der Waals surface area contributed by atoms with Gasteiger partial charge in [-0.05, 0) is 44.5 Å². The van der Waals surface area contributed by atoms with Gasteiger partial charge in [0, 0.05) is 23.0 Å². The van der Waals surface area contributed by atoms with Crippen LogP contribution in [0.5, 0.6) is 0 Å². The van der Waals surface area contributed by atoms with E-state index in [4.69, 9.17) is 0 Å². The van der Waals surface area contributed by atoms with Gasteiger partial charge >= 0.3 is 0 Å². The third kappa shape index (κ3) is 5.56. The van der Waals surface area contributed by atoms with E-state index >= 15 is 0 Å². The Morgan fingerprint density at radius 2 is 1.96 bits per heavy atom. The number of carbonyl (C=O) groups excluding carboxylic acids is 2. The predicted octanol–water partition coefficient (Wildman–Crippen LogP) is 3.04. The van der Waals surface area contributed by atoms with Gasteiger partial charge in [-0.2, -0.15) is 0 Å². The number of anilines is 1. The van der Waals surface area contributed by atoms with Gasteiger partial charge in [0.25, 0.3) is 5.56 Å². The minimum absolute atomic E-state index is 0.0243. The van der Waals surface area contributed by atoms with E-state index in [-0.39, 0.29) is 17.2 Å². The van der Waals surface area contributed by atoms with E-state index in [2.05, 4.69) is 15.3 Å². The minimum Gasteiger partial charge on any atom is -0.325 e. The van der Waals surface area contributed by atoms with Crippen LogP contribution in [0.15, 0.2) is 40.3 Å². The van der Waals surface area contributed by atoms with E-state index < -0.39 is 5.25 Å². The summed E-state index contributed by atoms with van der Waals surface area (Å²) in [5.41, 5.74) is 1.72. The number of rotatable bonds is 7. The lowest BCUT2D eigenvalue weighted by atomic mass is 10.1. The molecule has 0 unspecified atom stereocenters. The zero-order valence-corrected chi connectivity index (χ0v) is 15.3. The van der Waals surface area contributed by atoms with Crippen molar-refractivity contribution in [1.29, 1.82) is 0 Å². The number of Topliss-reactive ketones (excluding diaryl/α,β-unsaturated/α-hetero) is 1. The second kappa shape index (κ2) is 8.62. The number of amides is 1. The van der Waals surface area contributed by atoms with Gasteiger partial charge in [0.1, 0.15) is 0 Å². The van der Waals surface area contributed by atoms with Gasteiger partial charge < -0.3 is 10.3 Å². The zero-order chi connectivity index (χ0) is 18.4. The van der Waals surface area contributed by atoms with Crippen molar-refractivity contribution >= 4 is 29.1 Å². The molecule has 0 saturated carbocycles. The molecule has 25 heavy (non-hydrogen) atoms. The Balaban J connectivity index is 2.02. The van der Waals surface area contributed by atoms with Gasteiger partial charge in [0.05, 0.1) is 5.25 Å². The average molecular weight is 359 g/mol. The van der Waals surface area contributed by atoms with Gasteiger partial charge in [-0.25, -0.2) is 4.98 Å². The second-order valence-electron chi connectivity index (χ2n) is 5.67. The second-order valence-corrected chi connectivity index (χ2v) is 7.00. The van der Waals surface area contributed by atoms with Crippen LogP contribution in [-0.2, 0) is 11.2 Å². The number of carbonyl (C=O) groups is 2. The van der Waals surface area contributed by atoms with Crippen LogP contribution in [0, 0.1) is 0 Å². The number of hydrogen-bond acceptors (Lipinski definition) is 5. The molecule has 2 rings (SSSR count). The van der Waals surface area contributed by atoms with Crippen LogP contribution in [0.1, 0.15) is 43.2 Å². The number of nitrogens with one attached hydrogen (secondary N) is 2. The molecule has 2 aromatic rings. The third-order valence-electron chi connectivity index (χ3n) is 3.50. The van der Waals surface area contributed by atoms with E-state index in [1.165, 1.54) is 24.8 Å². The molecular weight excluding hydrogens is 338 g/mol. The van der Waals surface area contributed by atoms with Crippen molar-refractivity contribution in [3.05, 3.63) is 51.9 Å². The SMILES string of the molecule is CCCc1cc(=O)[nH]c(S[C@@H](C)C(=O)Nc2ccc(C(C)=O)cc2)n1. The Kier molecular flexibility index (Phi) is 6.52. The van der Waals surface area contributed by atoms with Gasteiger partial charge in [0.15, 0.2) is 10.9 Å². The molecular formula is C18H21N3O3S. The first-order valence-corrected chi connectivity index (χ1v) is 8.95. The van der Waals surface area contributed by atoms with Gasteiger partial charge in [0.2, 0.25) is 5.91 Å². The maximum Gasteiger partial charge on any atom is 0.251 e. The van der Waals surface area contributed by atoms with Crippen molar-refractivity contribution in [2.45, 2.75) is 44.0 Å². The van der Waals surface area contributed by atoms with Crippen molar-refractivity contribution in [3.8, 4) is 0 Å².